The molecule has 0 aromatic heterocycles. The Labute approximate surface area is 175 Å². The molecular formula is C23H22ClNO2S. The lowest BCUT2D eigenvalue weighted by atomic mass is 10.1. The maximum absolute atomic E-state index is 12.2. The quantitative estimate of drug-likeness (QED) is 0.379. The molecule has 0 unspecified atom stereocenters. The Kier molecular flexibility index (Phi) is 7.40. The van der Waals surface area contributed by atoms with Crippen molar-refractivity contribution in [1.29, 1.82) is 0 Å². The second-order valence-corrected chi connectivity index (χ2v) is 7.84. The molecule has 0 saturated carbocycles. The monoisotopic (exact) mass is 411 g/mol. The van der Waals surface area contributed by atoms with Gasteiger partial charge in [-0.25, -0.2) is 0 Å². The standard InChI is InChI=1S/C23H22ClNO2S/c1-17-2-12-22(13-3-17)28-16-18-4-6-19(7-5-18)23(26)25-14-15-27-21-10-8-20(24)9-11-21/h2-13H,14-16H2,1H3,(H,25,26). The molecule has 28 heavy (non-hydrogen) atoms. The summed E-state index contributed by atoms with van der Waals surface area (Å²) in [5.74, 6) is 1.51. The third kappa shape index (κ3) is 6.32. The maximum Gasteiger partial charge on any atom is 0.251 e. The summed E-state index contributed by atoms with van der Waals surface area (Å²) in [4.78, 5) is 13.5. The highest BCUT2D eigenvalue weighted by Gasteiger charge is 2.05. The summed E-state index contributed by atoms with van der Waals surface area (Å²) in [6.45, 7) is 2.92. The van der Waals surface area contributed by atoms with Crippen LogP contribution in [0.3, 0.4) is 0 Å². The SMILES string of the molecule is Cc1ccc(SCc2ccc(C(=O)NCCOc3ccc(Cl)cc3)cc2)cc1. The Morgan fingerprint density at radius 3 is 2.32 bits per heavy atom. The molecule has 0 radical (unpaired) electrons. The van der Waals surface area contributed by atoms with Crippen molar-refractivity contribution in [2.75, 3.05) is 13.2 Å². The first-order chi connectivity index (χ1) is 13.6. The number of rotatable bonds is 8. The molecule has 1 amide bonds. The first-order valence-electron chi connectivity index (χ1n) is 9.05. The van der Waals surface area contributed by atoms with Crippen LogP contribution in [-0.2, 0) is 5.75 Å². The van der Waals surface area contributed by atoms with Gasteiger partial charge in [0.25, 0.3) is 5.91 Å². The molecule has 0 bridgehead atoms. The minimum Gasteiger partial charge on any atom is -0.492 e. The fourth-order valence-electron chi connectivity index (χ4n) is 2.52. The van der Waals surface area contributed by atoms with E-state index in [1.807, 2.05) is 24.3 Å². The highest BCUT2D eigenvalue weighted by molar-refractivity contribution is 7.98. The number of benzene rings is 3. The van der Waals surface area contributed by atoms with Crippen molar-refractivity contribution in [2.45, 2.75) is 17.6 Å². The van der Waals surface area contributed by atoms with Gasteiger partial charge in [-0.3, -0.25) is 4.79 Å². The summed E-state index contributed by atoms with van der Waals surface area (Å²) in [7, 11) is 0. The number of ether oxygens (including phenoxy) is 1. The van der Waals surface area contributed by atoms with Gasteiger partial charge in [-0.1, -0.05) is 41.4 Å². The molecule has 144 valence electrons. The normalized spacial score (nSPS) is 10.5. The first kappa shape index (κ1) is 20.3. The molecule has 0 fully saturated rings. The van der Waals surface area contributed by atoms with Gasteiger partial charge in [-0.15, -0.1) is 11.8 Å². The molecule has 0 aliphatic heterocycles. The van der Waals surface area contributed by atoms with Gasteiger partial charge < -0.3 is 10.1 Å². The van der Waals surface area contributed by atoms with Crippen LogP contribution >= 0.6 is 23.4 Å². The highest BCUT2D eigenvalue weighted by Crippen LogP contribution is 2.23. The van der Waals surface area contributed by atoms with Crippen molar-refractivity contribution in [3.05, 3.63) is 94.5 Å². The molecular weight excluding hydrogens is 390 g/mol. The number of nitrogens with one attached hydrogen (secondary N) is 1. The predicted octanol–water partition coefficient (Wildman–Crippen LogP) is 5.75. The van der Waals surface area contributed by atoms with Crippen LogP contribution < -0.4 is 10.1 Å². The van der Waals surface area contributed by atoms with Crippen LogP contribution in [-0.4, -0.2) is 19.1 Å². The molecule has 3 aromatic rings. The lowest BCUT2D eigenvalue weighted by Gasteiger charge is -2.08. The number of aryl methyl sites for hydroxylation is 1. The zero-order valence-electron chi connectivity index (χ0n) is 15.7. The lowest BCUT2D eigenvalue weighted by Crippen LogP contribution is -2.28. The largest absolute Gasteiger partial charge is 0.492 e. The molecule has 0 aliphatic carbocycles. The third-order valence-corrected chi connectivity index (χ3v) is 5.45. The molecule has 5 heteroatoms. The molecule has 0 aliphatic rings. The van der Waals surface area contributed by atoms with Gasteiger partial charge in [0.2, 0.25) is 0 Å². The fourth-order valence-corrected chi connectivity index (χ4v) is 3.50. The van der Waals surface area contributed by atoms with E-state index >= 15 is 0 Å². The molecule has 1 N–H and O–H groups in total. The Morgan fingerprint density at radius 1 is 0.964 bits per heavy atom. The van der Waals surface area contributed by atoms with Crippen LogP contribution in [0.15, 0.2) is 77.7 Å². The van der Waals surface area contributed by atoms with Crippen LogP contribution in [0.5, 0.6) is 5.75 Å². The van der Waals surface area contributed by atoms with Gasteiger partial charge in [-0.05, 0) is 61.0 Å². The van der Waals surface area contributed by atoms with Crippen molar-refractivity contribution in [3.63, 3.8) is 0 Å². The van der Waals surface area contributed by atoms with Gasteiger partial charge in [-0.2, -0.15) is 0 Å². The van der Waals surface area contributed by atoms with E-state index in [-0.39, 0.29) is 5.91 Å². The van der Waals surface area contributed by atoms with E-state index in [1.54, 1.807) is 36.0 Å². The average molecular weight is 412 g/mol. The number of thioether (sulfide) groups is 1. The van der Waals surface area contributed by atoms with E-state index in [1.165, 1.54) is 16.0 Å². The minimum atomic E-state index is -0.0996. The van der Waals surface area contributed by atoms with Crippen molar-refractivity contribution in [1.82, 2.24) is 5.32 Å². The van der Waals surface area contributed by atoms with Gasteiger partial charge in [0.15, 0.2) is 0 Å². The number of carbonyl (C=O) groups excluding carboxylic acids is 1. The summed E-state index contributed by atoms with van der Waals surface area (Å²) < 4.78 is 5.57. The second-order valence-electron chi connectivity index (χ2n) is 6.36. The smallest absolute Gasteiger partial charge is 0.251 e. The number of carbonyl (C=O) groups is 1. The maximum atomic E-state index is 12.2. The van der Waals surface area contributed by atoms with Crippen LogP contribution in [0.4, 0.5) is 0 Å². The fraction of sp³-hybridized carbons (Fsp3) is 0.174. The summed E-state index contributed by atoms with van der Waals surface area (Å²) in [5, 5.41) is 3.54. The summed E-state index contributed by atoms with van der Waals surface area (Å²) >= 11 is 7.62. The molecule has 0 spiro atoms. The molecule has 3 aromatic carbocycles. The molecule has 3 nitrogen and oxygen atoms in total. The van der Waals surface area contributed by atoms with Crippen LogP contribution in [0.2, 0.25) is 5.02 Å². The molecule has 3 rings (SSSR count). The predicted molar refractivity (Wildman–Crippen MR) is 116 cm³/mol. The zero-order chi connectivity index (χ0) is 19.8. The Hall–Kier alpha value is -2.43. The van der Waals surface area contributed by atoms with E-state index in [2.05, 4.69) is 36.5 Å². The average Bonchev–Trinajstić information content (AvgIpc) is 2.72. The number of halogens is 1. The first-order valence-corrected chi connectivity index (χ1v) is 10.4. The van der Waals surface area contributed by atoms with Crippen LogP contribution in [0, 0.1) is 6.92 Å². The van der Waals surface area contributed by atoms with Crippen LogP contribution in [0.1, 0.15) is 21.5 Å². The highest BCUT2D eigenvalue weighted by atomic mass is 35.5. The molecule has 0 atom stereocenters. The van der Waals surface area contributed by atoms with Gasteiger partial charge in [0.1, 0.15) is 12.4 Å². The minimum absolute atomic E-state index is 0.0996. The topological polar surface area (TPSA) is 38.3 Å². The van der Waals surface area contributed by atoms with E-state index in [0.717, 1.165) is 11.5 Å². The summed E-state index contributed by atoms with van der Waals surface area (Å²) in [6, 6.07) is 23.4. The lowest BCUT2D eigenvalue weighted by molar-refractivity contribution is 0.0947. The zero-order valence-corrected chi connectivity index (χ0v) is 17.2. The number of hydrogen-bond donors (Lipinski definition) is 1. The van der Waals surface area contributed by atoms with E-state index in [4.69, 9.17) is 16.3 Å². The van der Waals surface area contributed by atoms with E-state index < -0.39 is 0 Å². The second kappa shape index (κ2) is 10.2. The van der Waals surface area contributed by atoms with E-state index in [9.17, 15) is 4.79 Å². The number of amides is 1. The Balaban J connectivity index is 1.41. The van der Waals surface area contributed by atoms with Crippen molar-refractivity contribution in [2.24, 2.45) is 0 Å². The van der Waals surface area contributed by atoms with Gasteiger partial charge >= 0.3 is 0 Å². The van der Waals surface area contributed by atoms with Crippen LogP contribution in [0.25, 0.3) is 0 Å². The van der Waals surface area contributed by atoms with Gasteiger partial charge in [0.05, 0.1) is 6.54 Å². The summed E-state index contributed by atoms with van der Waals surface area (Å²) in [6.07, 6.45) is 0. The Morgan fingerprint density at radius 2 is 1.64 bits per heavy atom. The Bertz CT molecular complexity index is 893. The third-order valence-electron chi connectivity index (χ3n) is 4.11. The summed E-state index contributed by atoms with van der Waals surface area (Å²) in [5.41, 5.74) is 3.10. The van der Waals surface area contributed by atoms with Crippen molar-refractivity contribution in [3.8, 4) is 5.75 Å². The molecule has 0 saturated heterocycles. The van der Waals surface area contributed by atoms with Crippen molar-refractivity contribution >= 4 is 29.3 Å². The van der Waals surface area contributed by atoms with Gasteiger partial charge in [0, 0.05) is 21.2 Å². The number of hydrogen-bond acceptors (Lipinski definition) is 3. The van der Waals surface area contributed by atoms with E-state index in [0.29, 0.717) is 23.7 Å². The molecule has 0 heterocycles. The van der Waals surface area contributed by atoms with Crippen molar-refractivity contribution < 1.29 is 9.53 Å².